The van der Waals surface area contributed by atoms with Gasteiger partial charge in [0.05, 0.1) is 13.0 Å². The van der Waals surface area contributed by atoms with Crippen LogP contribution < -0.4 is 4.74 Å². The van der Waals surface area contributed by atoms with Crippen molar-refractivity contribution in [3.8, 4) is 16.9 Å². The van der Waals surface area contributed by atoms with Gasteiger partial charge in [0.1, 0.15) is 5.75 Å². The van der Waals surface area contributed by atoms with Crippen molar-refractivity contribution < 1.29 is 14.6 Å². The maximum Gasteiger partial charge on any atom is 0.306 e. The summed E-state index contributed by atoms with van der Waals surface area (Å²) in [6.45, 7) is 0.194. The van der Waals surface area contributed by atoms with E-state index in [4.69, 9.17) is 9.84 Å². The van der Waals surface area contributed by atoms with E-state index < -0.39 is 5.97 Å². The Hall–Kier alpha value is -2.29. The fraction of sp³-hybridized carbons (Fsp3) is 0.133. The zero-order valence-electron chi connectivity index (χ0n) is 9.87. The first kappa shape index (κ1) is 12.2. The number of rotatable bonds is 5. The molecule has 0 unspecified atom stereocenters. The Morgan fingerprint density at radius 1 is 0.944 bits per heavy atom. The molecule has 3 heteroatoms. The fourth-order valence-electron chi connectivity index (χ4n) is 1.63. The molecule has 0 fully saturated rings. The van der Waals surface area contributed by atoms with Gasteiger partial charge in [-0.15, -0.1) is 0 Å². The first-order valence-electron chi connectivity index (χ1n) is 5.76. The Kier molecular flexibility index (Phi) is 3.97. The van der Waals surface area contributed by atoms with Gasteiger partial charge in [-0.05, 0) is 23.3 Å². The van der Waals surface area contributed by atoms with Crippen molar-refractivity contribution in [1.29, 1.82) is 0 Å². The Morgan fingerprint density at radius 2 is 1.56 bits per heavy atom. The lowest BCUT2D eigenvalue weighted by Crippen LogP contribution is -2.04. The molecule has 18 heavy (non-hydrogen) atoms. The molecular formula is C15H14O3. The number of ether oxygens (including phenoxy) is 1. The molecule has 0 radical (unpaired) electrons. The summed E-state index contributed by atoms with van der Waals surface area (Å²) in [4.78, 5) is 10.3. The Labute approximate surface area is 106 Å². The van der Waals surface area contributed by atoms with Crippen molar-refractivity contribution in [2.45, 2.75) is 6.42 Å². The van der Waals surface area contributed by atoms with Crippen molar-refractivity contribution in [2.75, 3.05) is 6.61 Å². The second kappa shape index (κ2) is 5.87. The third-order valence-corrected chi connectivity index (χ3v) is 2.55. The van der Waals surface area contributed by atoms with Gasteiger partial charge in [-0.2, -0.15) is 0 Å². The van der Waals surface area contributed by atoms with E-state index in [1.54, 1.807) is 0 Å². The zero-order chi connectivity index (χ0) is 12.8. The molecule has 0 aromatic heterocycles. The quantitative estimate of drug-likeness (QED) is 0.875. The number of hydrogen-bond donors (Lipinski definition) is 1. The standard InChI is InChI=1S/C15H14O3/c16-15(17)10-11-18-14-8-6-13(7-9-14)12-4-2-1-3-5-12/h1-9H,10-11H2,(H,16,17). The summed E-state index contributed by atoms with van der Waals surface area (Å²) >= 11 is 0. The summed E-state index contributed by atoms with van der Waals surface area (Å²) < 4.78 is 5.33. The second-order valence-electron chi connectivity index (χ2n) is 3.88. The average molecular weight is 242 g/mol. The molecule has 92 valence electrons. The van der Waals surface area contributed by atoms with Crippen LogP contribution in [0.2, 0.25) is 0 Å². The summed E-state index contributed by atoms with van der Waals surface area (Å²) in [5.41, 5.74) is 2.26. The molecule has 0 bridgehead atoms. The van der Waals surface area contributed by atoms with E-state index in [1.165, 1.54) is 0 Å². The smallest absolute Gasteiger partial charge is 0.306 e. The summed E-state index contributed by atoms with van der Waals surface area (Å²) in [7, 11) is 0. The lowest BCUT2D eigenvalue weighted by molar-refractivity contribution is -0.137. The Morgan fingerprint density at radius 3 is 2.17 bits per heavy atom. The third-order valence-electron chi connectivity index (χ3n) is 2.55. The van der Waals surface area contributed by atoms with Gasteiger partial charge in [0.15, 0.2) is 0 Å². The summed E-state index contributed by atoms with van der Waals surface area (Å²) in [6.07, 6.45) is 0.0143. The van der Waals surface area contributed by atoms with Crippen LogP contribution in [0.25, 0.3) is 11.1 Å². The van der Waals surface area contributed by atoms with Crippen LogP contribution in [0.15, 0.2) is 54.6 Å². The van der Waals surface area contributed by atoms with Gasteiger partial charge in [-0.25, -0.2) is 0 Å². The molecular weight excluding hydrogens is 228 g/mol. The van der Waals surface area contributed by atoms with Crippen LogP contribution in [-0.4, -0.2) is 17.7 Å². The highest BCUT2D eigenvalue weighted by Crippen LogP contribution is 2.21. The van der Waals surface area contributed by atoms with Gasteiger partial charge in [-0.1, -0.05) is 42.5 Å². The van der Waals surface area contributed by atoms with Crippen molar-refractivity contribution >= 4 is 5.97 Å². The molecule has 1 N–H and O–H groups in total. The SMILES string of the molecule is O=C(O)CCOc1ccc(-c2ccccc2)cc1. The summed E-state index contributed by atoms with van der Waals surface area (Å²) in [5.74, 6) is -0.160. The molecule has 0 aliphatic carbocycles. The van der Waals surface area contributed by atoms with Gasteiger partial charge >= 0.3 is 5.97 Å². The average Bonchev–Trinajstić information content (AvgIpc) is 2.40. The van der Waals surface area contributed by atoms with Crippen molar-refractivity contribution in [3.05, 3.63) is 54.6 Å². The fourth-order valence-corrected chi connectivity index (χ4v) is 1.63. The molecule has 3 nitrogen and oxygen atoms in total. The van der Waals surface area contributed by atoms with Crippen molar-refractivity contribution in [3.63, 3.8) is 0 Å². The molecule has 0 saturated carbocycles. The minimum Gasteiger partial charge on any atom is -0.493 e. The monoisotopic (exact) mass is 242 g/mol. The van der Waals surface area contributed by atoms with Crippen LogP contribution in [-0.2, 0) is 4.79 Å². The molecule has 0 aliphatic rings. The minimum atomic E-state index is -0.851. The predicted molar refractivity (Wildman–Crippen MR) is 69.6 cm³/mol. The first-order valence-corrected chi connectivity index (χ1v) is 5.76. The molecule has 0 spiro atoms. The lowest BCUT2D eigenvalue weighted by atomic mass is 10.1. The van der Waals surface area contributed by atoms with Crippen molar-refractivity contribution in [1.82, 2.24) is 0 Å². The van der Waals surface area contributed by atoms with Crippen LogP contribution >= 0.6 is 0 Å². The zero-order valence-corrected chi connectivity index (χ0v) is 9.87. The lowest BCUT2D eigenvalue weighted by Gasteiger charge is -2.06. The van der Waals surface area contributed by atoms with Crippen molar-refractivity contribution in [2.24, 2.45) is 0 Å². The number of carboxylic acid groups (broad SMARTS) is 1. The number of hydrogen-bond acceptors (Lipinski definition) is 2. The normalized spacial score (nSPS) is 10.0. The van der Waals surface area contributed by atoms with Gasteiger partial charge in [0.2, 0.25) is 0 Å². The van der Waals surface area contributed by atoms with E-state index >= 15 is 0 Å². The molecule has 0 heterocycles. The molecule has 0 aliphatic heterocycles. The highest BCUT2D eigenvalue weighted by atomic mass is 16.5. The molecule has 0 amide bonds. The maximum absolute atomic E-state index is 10.3. The largest absolute Gasteiger partial charge is 0.493 e. The van der Waals surface area contributed by atoms with Crippen LogP contribution in [0.1, 0.15) is 6.42 Å². The molecule has 2 rings (SSSR count). The highest BCUT2D eigenvalue weighted by molar-refractivity contribution is 5.67. The highest BCUT2D eigenvalue weighted by Gasteiger charge is 2.00. The molecule has 2 aromatic carbocycles. The Balaban J connectivity index is 2.00. The third kappa shape index (κ3) is 3.35. The first-order chi connectivity index (χ1) is 8.75. The predicted octanol–water partition coefficient (Wildman–Crippen LogP) is 3.21. The molecule has 0 atom stereocenters. The van der Waals surface area contributed by atoms with E-state index in [1.807, 2.05) is 54.6 Å². The summed E-state index contributed by atoms with van der Waals surface area (Å²) in [6, 6.07) is 17.7. The van der Waals surface area contributed by atoms with E-state index in [9.17, 15) is 4.79 Å². The van der Waals surface area contributed by atoms with Gasteiger partial charge in [-0.3, -0.25) is 4.79 Å². The van der Waals surface area contributed by atoms with E-state index in [2.05, 4.69) is 0 Å². The van der Waals surface area contributed by atoms with Crippen LogP contribution in [0.5, 0.6) is 5.75 Å². The number of carboxylic acids is 1. The number of benzene rings is 2. The topological polar surface area (TPSA) is 46.5 Å². The Bertz CT molecular complexity index is 503. The molecule has 2 aromatic rings. The second-order valence-corrected chi connectivity index (χ2v) is 3.88. The maximum atomic E-state index is 10.3. The van der Waals surface area contributed by atoms with Gasteiger partial charge < -0.3 is 9.84 Å². The van der Waals surface area contributed by atoms with Crippen LogP contribution in [0.3, 0.4) is 0 Å². The molecule has 0 saturated heterocycles. The van der Waals surface area contributed by atoms with Crippen LogP contribution in [0.4, 0.5) is 0 Å². The summed E-state index contributed by atoms with van der Waals surface area (Å²) in [5, 5.41) is 8.50. The van der Waals surface area contributed by atoms with Gasteiger partial charge in [0, 0.05) is 0 Å². The number of carbonyl (C=O) groups is 1. The number of aliphatic carboxylic acids is 1. The minimum absolute atomic E-state index is 0.0143. The van der Waals surface area contributed by atoms with Crippen LogP contribution in [0, 0.1) is 0 Å². The van der Waals surface area contributed by atoms with E-state index in [-0.39, 0.29) is 13.0 Å². The van der Waals surface area contributed by atoms with E-state index in [0.717, 1.165) is 11.1 Å². The van der Waals surface area contributed by atoms with E-state index in [0.29, 0.717) is 5.75 Å². The van der Waals surface area contributed by atoms with Gasteiger partial charge in [0.25, 0.3) is 0 Å².